The van der Waals surface area contributed by atoms with Crippen molar-refractivity contribution in [3.63, 3.8) is 0 Å². The number of aromatic amines is 1. The zero-order valence-electron chi connectivity index (χ0n) is 10.8. The highest BCUT2D eigenvalue weighted by atomic mass is 16.2. The molecule has 0 aromatic carbocycles. The lowest BCUT2D eigenvalue weighted by Gasteiger charge is -2.24. The monoisotopic (exact) mass is 260 g/mol. The standard InChI is InChI=1S/C12H16N6O/c1-9-11(7-14-15-9)12(19)18-5-2-3-10(18)8-17-6-4-13-16-17/h4,6-7,10H,2-3,5,8H2,1H3,(H,14,15)/t10-/m0/s1. The molecule has 1 atom stereocenters. The fraction of sp³-hybridized carbons (Fsp3) is 0.500. The van der Waals surface area contributed by atoms with Crippen molar-refractivity contribution >= 4 is 5.91 Å². The summed E-state index contributed by atoms with van der Waals surface area (Å²) in [7, 11) is 0. The largest absolute Gasteiger partial charge is 0.334 e. The van der Waals surface area contributed by atoms with E-state index in [2.05, 4.69) is 20.5 Å². The van der Waals surface area contributed by atoms with Gasteiger partial charge in [0.05, 0.1) is 30.5 Å². The molecule has 2 aromatic rings. The number of aryl methyl sites for hydroxylation is 1. The minimum Gasteiger partial charge on any atom is -0.334 e. The molecular weight excluding hydrogens is 244 g/mol. The van der Waals surface area contributed by atoms with Crippen LogP contribution in [-0.4, -0.2) is 48.6 Å². The van der Waals surface area contributed by atoms with Crippen molar-refractivity contribution in [1.82, 2.24) is 30.1 Å². The third-order valence-corrected chi connectivity index (χ3v) is 3.57. The summed E-state index contributed by atoms with van der Waals surface area (Å²) in [5.74, 6) is 0.0499. The maximum atomic E-state index is 12.5. The number of carbonyl (C=O) groups is 1. The van der Waals surface area contributed by atoms with Crippen molar-refractivity contribution in [3.8, 4) is 0 Å². The van der Waals surface area contributed by atoms with Crippen LogP contribution in [0.5, 0.6) is 0 Å². The number of aromatic nitrogens is 5. The van der Waals surface area contributed by atoms with Crippen molar-refractivity contribution in [2.45, 2.75) is 32.4 Å². The second-order valence-corrected chi connectivity index (χ2v) is 4.83. The average Bonchev–Trinajstić information content (AvgIpc) is 3.10. The first-order chi connectivity index (χ1) is 9.25. The van der Waals surface area contributed by atoms with Crippen LogP contribution >= 0.6 is 0 Å². The Balaban J connectivity index is 1.76. The highest BCUT2D eigenvalue weighted by molar-refractivity contribution is 5.95. The maximum absolute atomic E-state index is 12.5. The van der Waals surface area contributed by atoms with Crippen LogP contribution in [0.15, 0.2) is 18.6 Å². The molecule has 7 heteroatoms. The van der Waals surface area contributed by atoms with Gasteiger partial charge in [0.1, 0.15) is 0 Å². The highest BCUT2D eigenvalue weighted by Crippen LogP contribution is 2.21. The SMILES string of the molecule is Cc1[nH]ncc1C(=O)N1CCC[C@H]1Cn1ccnn1. The van der Waals surface area contributed by atoms with Gasteiger partial charge in [-0.3, -0.25) is 14.6 Å². The number of H-pyrrole nitrogens is 1. The molecule has 0 radical (unpaired) electrons. The van der Waals surface area contributed by atoms with Crippen LogP contribution in [0.25, 0.3) is 0 Å². The zero-order valence-corrected chi connectivity index (χ0v) is 10.8. The molecule has 1 saturated heterocycles. The maximum Gasteiger partial charge on any atom is 0.257 e. The van der Waals surface area contributed by atoms with E-state index in [4.69, 9.17) is 0 Å². The minimum absolute atomic E-state index is 0.0499. The summed E-state index contributed by atoms with van der Waals surface area (Å²) in [6.45, 7) is 3.36. The molecule has 2 aromatic heterocycles. The number of nitrogens with zero attached hydrogens (tertiary/aromatic N) is 5. The number of likely N-dealkylation sites (tertiary alicyclic amines) is 1. The van der Waals surface area contributed by atoms with Crippen LogP contribution in [0.2, 0.25) is 0 Å². The van der Waals surface area contributed by atoms with Gasteiger partial charge in [-0.05, 0) is 19.8 Å². The van der Waals surface area contributed by atoms with Crippen molar-refractivity contribution in [1.29, 1.82) is 0 Å². The van der Waals surface area contributed by atoms with E-state index in [9.17, 15) is 4.79 Å². The van der Waals surface area contributed by atoms with Crippen molar-refractivity contribution < 1.29 is 4.79 Å². The van der Waals surface area contributed by atoms with E-state index in [0.717, 1.165) is 25.1 Å². The molecule has 1 aliphatic rings. The molecule has 1 N–H and O–H groups in total. The first-order valence-electron chi connectivity index (χ1n) is 6.41. The Labute approximate surface area is 110 Å². The van der Waals surface area contributed by atoms with Gasteiger partial charge in [0, 0.05) is 18.4 Å². The Morgan fingerprint density at radius 3 is 3.16 bits per heavy atom. The molecule has 1 fully saturated rings. The molecule has 0 bridgehead atoms. The number of rotatable bonds is 3. The number of carbonyl (C=O) groups excluding carboxylic acids is 1. The summed E-state index contributed by atoms with van der Waals surface area (Å²) in [5, 5.41) is 14.5. The van der Waals surface area contributed by atoms with E-state index in [0.29, 0.717) is 12.1 Å². The van der Waals surface area contributed by atoms with E-state index in [1.165, 1.54) is 0 Å². The van der Waals surface area contributed by atoms with E-state index >= 15 is 0 Å². The topological polar surface area (TPSA) is 79.7 Å². The Kier molecular flexibility index (Phi) is 3.02. The van der Waals surface area contributed by atoms with Crippen LogP contribution in [-0.2, 0) is 6.54 Å². The fourth-order valence-corrected chi connectivity index (χ4v) is 2.56. The number of amides is 1. The molecule has 3 heterocycles. The van der Waals surface area contributed by atoms with Crippen molar-refractivity contribution in [2.75, 3.05) is 6.54 Å². The highest BCUT2D eigenvalue weighted by Gasteiger charge is 2.30. The third-order valence-electron chi connectivity index (χ3n) is 3.57. The van der Waals surface area contributed by atoms with E-state index in [-0.39, 0.29) is 11.9 Å². The van der Waals surface area contributed by atoms with Gasteiger partial charge >= 0.3 is 0 Å². The Morgan fingerprint density at radius 2 is 2.47 bits per heavy atom. The number of nitrogens with one attached hydrogen (secondary N) is 1. The van der Waals surface area contributed by atoms with Gasteiger partial charge in [-0.25, -0.2) is 0 Å². The van der Waals surface area contributed by atoms with Crippen LogP contribution in [0, 0.1) is 6.92 Å². The molecule has 7 nitrogen and oxygen atoms in total. The first-order valence-corrected chi connectivity index (χ1v) is 6.41. The van der Waals surface area contributed by atoms with E-state index in [1.807, 2.05) is 18.0 Å². The molecule has 19 heavy (non-hydrogen) atoms. The summed E-state index contributed by atoms with van der Waals surface area (Å²) in [4.78, 5) is 14.4. The zero-order chi connectivity index (χ0) is 13.2. The van der Waals surface area contributed by atoms with Gasteiger partial charge in [-0.2, -0.15) is 5.10 Å². The van der Waals surface area contributed by atoms with Crippen LogP contribution in [0.1, 0.15) is 28.9 Å². The molecule has 0 spiro atoms. The van der Waals surface area contributed by atoms with Gasteiger partial charge in [0.25, 0.3) is 5.91 Å². The molecule has 1 amide bonds. The van der Waals surface area contributed by atoms with Gasteiger partial charge in [0.15, 0.2) is 0 Å². The lowest BCUT2D eigenvalue weighted by molar-refractivity contribution is 0.0720. The van der Waals surface area contributed by atoms with Crippen LogP contribution in [0.3, 0.4) is 0 Å². The summed E-state index contributed by atoms with van der Waals surface area (Å²) in [5.41, 5.74) is 1.47. The normalized spacial score (nSPS) is 19.0. The molecule has 0 aliphatic carbocycles. The summed E-state index contributed by atoms with van der Waals surface area (Å²) >= 11 is 0. The second-order valence-electron chi connectivity index (χ2n) is 4.83. The summed E-state index contributed by atoms with van der Waals surface area (Å²) in [6, 6.07) is 0.184. The second kappa shape index (κ2) is 4.83. The van der Waals surface area contributed by atoms with E-state index in [1.54, 1.807) is 17.1 Å². The molecule has 0 saturated carbocycles. The minimum atomic E-state index is 0.0499. The fourth-order valence-electron chi connectivity index (χ4n) is 2.56. The van der Waals surface area contributed by atoms with Gasteiger partial charge in [-0.1, -0.05) is 5.21 Å². The average molecular weight is 260 g/mol. The van der Waals surface area contributed by atoms with Gasteiger partial charge in [0.2, 0.25) is 0 Å². The van der Waals surface area contributed by atoms with Crippen molar-refractivity contribution in [2.24, 2.45) is 0 Å². The van der Waals surface area contributed by atoms with Gasteiger partial charge in [-0.15, -0.1) is 5.10 Å². The predicted molar refractivity (Wildman–Crippen MR) is 67.4 cm³/mol. The first kappa shape index (κ1) is 11.9. The lowest BCUT2D eigenvalue weighted by atomic mass is 10.2. The number of hydrogen-bond acceptors (Lipinski definition) is 4. The smallest absolute Gasteiger partial charge is 0.257 e. The molecule has 100 valence electrons. The Bertz CT molecular complexity index is 561. The molecule has 1 aliphatic heterocycles. The Hall–Kier alpha value is -2.18. The van der Waals surface area contributed by atoms with Crippen LogP contribution in [0.4, 0.5) is 0 Å². The van der Waals surface area contributed by atoms with Gasteiger partial charge < -0.3 is 4.90 Å². The molecule has 0 unspecified atom stereocenters. The van der Waals surface area contributed by atoms with Crippen LogP contribution < -0.4 is 0 Å². The predicted octanol–water partition coefficient (Wildman–Crippen LogP) is 0.614. The van der Waals surface area contributed by atoms with E-state index < -0.39 is 0 Å². The molecule has 3 rings (SSSR count). The Morgan fingerprint density at radius 1 is 1.58 bits per heavy atom. The molecular formula is C12H16N6O. The van der Waals surface area contributed by atoms with Crippen molar-refractivity contribution in [3.05, 3.63) is 29.8 Å². The number of hydrogen-bond donors (Lipinski definition) is 1. The summed E-state index contributed by atoms with van der Waals surface area (Å²) < 4.78 is 1.78. The lowest BCUT2D eigenvalue weighted by Crippen LogP contribution is -2.38. The quantitative estimate of drug-likeness (QED) is 0.877. The third kappa shape index (κ3) is 2.23. The summed E-state index contributed by atoms with van der Waals surface area (Å²) in [6.07, 6.45) is 7.11.